The molecule has 1 saturated heterocycles. The molecule has 0 spiro atoms. The van der Waals surface area contributed by atoms with Crippen LogP contribution in [-0.2, 0) is 0 Å². The molecule has 1 aliphatic heterocycles. The Morgan fingerprint density at radius 2 is 2.32 bits per heavy atom. The topological polar surface area (TPSA) is 92.5 Å². The van der Waals surface area contributed by atoms with Crippen molar-refractivity contribution in [1.82, 2.24) is 5.32 Å². The molecular weight excluding hydrogens is 248 g/mol. The number of nitro groups is 1. The fourth-order valence-electron chi connectivity index (χ4n) is 2.60. The summed E-state index contributed by atoms with van der Waals surface area (Å²) in [5, 5.41) is 23.2. The van der Waals surface area contributed by atoms with Gasteiger partial charge in [0.25, 0.3) is 5.69 Å². The first-order chi connectivity index (χ1) is 9.00. The van der Waals surface area contributed by atoms with Crippen LogP contribution in [0.5, 0.6) is 0 Å². The van der Waals surface area contributed by atoms with Crippen LogP contribution in [0, 0.1) is 16.0 Å². The maximum Gasteiger partial charge on any atom is 0.336 e. The number of aromatic carboxylic acids is 1. The van der Waals surface area contributed by atoms with Crippen molar-refractivity contribution in [3.8, 4) is 0 Å². The molecule has 0 amide bonds. The molecule has 0 radical (unpaired) electrons. The van der Waals surface area contributed by atoms with Crippen LogP contribution in [0.3, 0.4) is 0 Å². The van der Waals surface area contributed by atoms with Gasteiger partial charge >= 0.3 is 5.97 Å². The van der Waals surface area contributed by atoms with Gasteiger partial charge in [0.05, 0.1) is 10.5 Å². The molecule has 1 fully saturated rings. The van der Waals surface area contributed by atoms with E-state index in [1.54, 1.807) is 6.07 Å². The van der Waals surface area contributed by atoms with Crippen LogP contribution in [0.25, 0.3) is 0 Å². The second-order valence-corrected chi connectivity index (χ2v) is 4.88. The van der Waals surface area contributed by atoms with Gasteiger partial charge in [-0.3, -0.25) is 10.1 Å². The fraction of sp³-hybridized carbons (Fsp3) is 0.462. The number of hydrogen-bond donors (Lipinski definition) is 2. The van der Waals surface area contributed by atoms with E-state index in [0.717, 1.165) is 25.6 Å². The predicted octanol–water partition coefficient (Wildman–Crippen LogP) is 2.01. The second kappa shape index (κ2) is 5.36. The number of nitro benzene ring substituents is 1. The van der Waals surface area contributed by atoms with E-state index in [9.17, 15) is 20.0 Å². The number of nitrogens with one attached hydrogen (secondary N) is 1. The van der Waals surface area contributed by atoms with Gasteiger partial charge in [-0.1, -0.05) is 13.0 Å². The largest absolute Gasteiger partial charge is 0.478 e. The van der Waals surface area contributed by atoms with Crippen molar-refractivity contribution >= 4 is 11.7 Å². The zero-order valence-electron chi connectivity index (χ0n) is 10.6. The molecule has 0 saturated carbocycles. The average Bonchev–Trinajstić information content (AvgIpc) is 2.90. The normalized spacial score (nSPS) is 20.2. The van der Waals surface area contributed by atoms with E-state index in [2.05, 4.69) is 5.32 Å². The van der Waals surface area contributed by atoms with Gasteiger partial charge in [0.15, 0.2) is 0 Å². The van der Waals surface area contributed by atoms with E-state index in [1.807, 2.05) is 6.92 Å². The third-order valence-corrected chi connectivity index (χ3v) is 3.77. The molecule has 6 nitrogen and oxygen atoms in total. The summed E-state index contributed by atoms with van der Waals surface area (Å²) in [6, 6.07) is 4.10. The Morgan fingerprint density at radius 1 is 1.58 bits per heavy atom. The first-order valence-corrected chi connectivity index (χ1v) is 6.23. The smallest absolute Gasteiger partial charge is 0.336 e. The van der Waals surface area contributed by atoms with Crippen molar-refractivity contribution in [1.29, 1.82) is 0 Å². The minimum Gasteiger partial charge on any atom is -0.478 e. The molecule has 0 aliphatic carbocycles. The number of carbonyl (C=O) groups is 1. The first-order valence-electron chi connectivity index (χ1n) is 6.23. The molecule has 6 heteroatoms. The highest BCUT2D eigenvalue weighted by Crippen LogP contribution is 2.32. The minimum absolute atomic E-state index is 0.0357. The van der Waals surface area contributed by atoms with Crippen molar-refractivity contribution in [3.63, 3.8) is 0 Å². The van der Waals surface area contributed by atoms with Crippen LogP contribution >= 0.6 is 0 Å². The summed E-state index contributed by atoms with van der Waals surface area (Å²) in [6.07, 6.45) is 0.997. The van der Waals surface area contributed by atoms with Crippen LogP contribution in [0.4, 0.5) is 5.69 Å². The summed E-state index contributed by atoms with van der Waals surface area (Å²) < 4.78 is 0. The molecule has 1 aromatic rings. The van der Waals surface area contributed by atoms with Gasteiger partial charge in [0, 0.05) is 12.1 Å². The van der Waals surface area contributed by atoms with Crippen LogP contribution in [-0.4, -0.2) is 29.1 Å². The molecule has 1 heterocycles. The summed E-state index contributed by atoms with van der Waals surface area (Å²) in [5.74, 6) is -0.669. The molecule has 0 aromatic heterocycles. The Kier molecular flexibility index (Phi) is 3.80. The number of benzene rings is 1. The van der Waals surface area contributed by atoms with Gasteiger partial charge in [-0.2, -0.15) is 0 Å². The maximum atomic E-state index is 11.3. The lowest BCUT2D eigenvalue weighted by molar-refractivity contribution is -0.384. The molecule has 2 atom stereocenters. The molecule has 1 aromatic carbocycles. The number of rotatable bonds is 4. The molecule has 19 heavy (non-hydrogen) atoms. The Bertz CT molecular complexity index is 509. The number of non-ortho nitro benzene ring substituents is 1. The van der Waals surface area contributed by atoms with Gasteiger partial charge in [0.2, 0.25) is 0 Å². The molecular formula is C13H16N2O4. The Hall–Kier alpha value is -1.95. The summed E-state index contributed by atoms with van der Waals surface area (Å²) in [7, 11) is 0. The van der Waals surface area contributed by atoms with Gasteiger partial charge in [-0.05, 0) is 36.9 Å². The Morgan fingerprint density at radius 3 is 2.84 bits per heavy atom. The molecule has 2 N–H and O–H groups in total. The van der Waals surface area contributed by atoms with Crippen LogP contribution in [0.1, 0.15) is 35.2 Å². The Balaban J connectivity index is 2.38. The van der Waals surface area contributed by atoms with E-state index in [1.165, 1.54) is 6.07 Å². The number of hydrogen-bond acceptors (Lipinski definition) is 4. The van der Waals surface area contributed by atoms with Crippen molar-refractivity contribution in [2.45, 2.75) is 19.3 Å². The molecule has 102 valence electrons. The van der Waals surface area contributed by atoms with Crippen LogP contribution in [0.15, 0.2) is 18.2 Å². The number of carboxylic acids is 1. The van der Waals surface area contributed by atoms with Crippen molar-refractivity contribution < 1.29 is 14.8 Å². The van der Waals surface area contributed by atoms with E-state index in [0.29, 0.717) is 11.5 Å². The highest BCUT2D eigenvalue weighted by Gasteiger charge is 2.27. The van der Waals surface area contributed by atoms with E-state index >= 15 is 0 Å². The van der Waals surface area contributed by atoms with Crippen LogP contribution in [0.2, 0.25) is 0 Å². The lowest BCUT2D eigenvalue weighted by atomic mass is 9.84. The van der Waals surface area contributed by atoms with Crippen molar-refractivity contribution in [2.75, 3.05) is 13.1 Å². The quantitative estimate of drug-likeness (QED) is 0.641. The molecule has 1 aliphatic rings. The Labute approximate surface area is 110 Å². The molecule has 2 unspecified atom stereocenters. The van der Waals surface area contributed by atoms with Crippen LogP contribution < -0.4 is 5.32 Å². The third-order valence-electron chi connectivity index (χ3n) is 3.77. The fourth-order valence-corrected chi connectivity index (χ4v) is 2.60. The SMILES string of the molecule is CC(c1ccc([N+](=O)[O-])cc1C(=O)O)C1CCNC1. The lowest BCUT2D eigenvalue weighted by Crippen LogP contribution is -2.17. The average molecular weight is 264 g/mol. The molecule has 0 bridgehead atoms. The van der Waals surface area contributed by atoms with E-state index < -0.39 is 10.9 Å². The summed E-state index contributed by atoms with van der Waals surface area (Å²) in [6.45, 7) is 3.77. The lowest BCUT2D eigenvalue weighted by Gasteiger charge is -2.20. The minimum atomic E-state index is -1.11. The summed E-state index contributed by atoms with van der Waals surface area (Å²) in [5.41, 5.74) is 0.526. The monoisotopic (exact) mass is 264 g/mol. The predicted molar refractivity (Wildman–Crippen MR) is 69.4 cm³/mol. The van der Waals surface area contributed by atoms with Gasteiger partial charge in [-0.15, -0.1) is 0 Å². The van der Waals surface area contributed by atoms with Gasteiger partial charge in [0.1, 0.15) is 0 Å². The third kappa shape index (κ3) is 2.73. The zero-order chi connectivity index (χ0) is 14.0. The summed E-state index contributed by atoms with van der Waals surface area (Å²) >= 11 is 0. The van der Waals surface area contributed by atoms with E-state index in [4.69, 9.17) is 0 Å². The van der Waals surface area contributed by atoms with Gasteiger partial charge < -0.3 is 10.4 Å². The van der Waals surface area contributed by atoms with Gasteiger partial charge in [-0.25, -0.2) is 4.79 Å². The van der Waals surface area contributed by atoms with Crippen molar-refractivity contribution in [2.24, 2.45) is 5.92 Å². The summed E-state index contributed by atoms with van der Waals surface area (Å²) in [4.78, 5) is 21.4. The maximum absolute atomic E-state index is 11.3. The van der Waals surface area contributed by atoms with Crippen molar-refractivity contribution in [3.05, 3.63) is 39.4 Å². The number of nitrogens with zero attached hydrogens (tertiary/aromatic N) is 1. The highest BCUT2D eigenvalue weighted by atomic mass is 16.6. The number of carboxylic acid groups (broad SMARTS) is 1. The van der Waals surface area contributed by atoms with E-state index in [-0.39, 0.29) is 17.2 Å². The first kappa shape index (κ1) is 13.5. The highest BCUT2D eigenvalue weighted by molar-refractivity contribution is 5.90. The zero-order valence-corrected chi connectivity index (χ0v) is 10.6. The molecule has 2 rings (SSSR count). The second-order valence-electron chi connectivity index (χ2n) is 4.88. The standard InChI is InChI=1S/C13H16N2O4/c1-8(9-4-5-14-7-9)11-3-2-10(15(18)19)6-12(11)13(16)17/h2-3,6,8-9,14H,4-5,7H2,1H3,(H,16,17).